The third-order valence-electron chi connectivity index (χ3n) is 6.89. The largest absolute Gasteiger partial charge is 0.497 e. The number of aryl methyl sites for hydroxylation is 1. The van der Waals surface area contributed by atoms with E-state index in [-0.39, 0.29) is 11.7 Å². The molecule has 0 N–H and O–H groups in total. The van der Waals surface area contributed by atoms with Gasteiger partial charge in [0.2, 0.25) is 5.95 Å². The number of ketones is 1. The Balaban J connectivity index is 1.32. The highest BCUT2D eigenvalue weighted by molar-refractivity contribution is 5.99. The van der Waals surface area contributed by atoms with Gasteiger partial charge in [0.25, 0.3) is 0 Å². The van der Waals surface area contributed by atoms with E-state index in [2.05, 4.69) is 34.1 Å². The van der Waals surface area contributed by atoms with Crippen molar-refractivity contribution in [2.75, 3.05) is 50.2 Å². The molecule has 1 fully saturated rings. The first-order chi connectivity index (χ1) is 16.6. The van der Waals surface area contributed by atoms with Crippen molar-refractivity contribution in [2.24, 2.45) is 0 Å². The van der Waals surface area contributed by atoms with Gasteiger partial charge in [0.15, 0.2) is 5.78 Å². The predicted molar refractivity (Wildman–Crippen MR) is 133 cm³/mol. The molecule has 3 aromatic rings. The normalized spacial score (nSPS) is 18.0. The Kier molecular flexibility index (Phi) is 6.09. The van der Waals surface area contributed by atoms with E-state index in [1.165, 1.54) is 5.69 Å². The molecule has 7 nitrogen and oxygen atoms in total. The first kappa shape index (κ1) is 22.2. The summed E-state index contributed by atoms with van der Waals surface area (Å²) in [6.07, 6.45) is 1.24. The van der Waals surface area contributed by atoms with Gasteiger partial charge in [-0.1, -0.05) is 12.1 Å². The molecule has 1 atom stereocenters. The zero-order chi connectivity index (χ0) is 23.7. The lowest BCUT2D eigenvalue weighted by Crippen LogP contribution is -2.47. The van der Waals surface area contributed by atoms with E-state index in [0.29, 0.717) is 12.0 Å². The average molecular weight is 459 g/mol. The van der Waals surface area contributed by atoms with Gasteiger partial charge in [-0.15, -0.1) is 0 Å². The number of rotatable bonds is 5. The molecule has 7 heteroatoms. The number of hydrogen-bond donors (Lipinski definition) is 0. The van der Waals surface area contributed by atoms with Gasteiger partial charge in [-0.2, -0.15) is 0 Å². The number of anilines is 2. The second-order valence-corrected chi connectivity index (χ2v) is 8.90. The standard InChI is InChI=1S/C27H30N4O3/c1-18-26-24(16-20(17-25(26)32)19-4-8-22(33-2)9-5-19)29-27(28-18)31-14-12-30(13-15-31)21-6-10-23(34-3)11-7-21/h4-11,20H,12-17H2,1-3H3/t20-/m0/s1. The summed E-state index contributed by atoms with van der Waals surface area (Å²) in [6.45, 7) is 5.38. The van der Waals surface area contributed by atoms with Gasteiger partial charge in [0, 0.05) is 38.3 Å². The molecule has 0 saturated carbocycles. The highest BCUT2D eigenvalue weighted by Crippen LogP contribution is 2.34. The molecule has 5 rings (SSSR count). The number of piperazine rings is 1. The third-order valence-corrected chi connectivity index (χ3v) is 6.89. The van der Waals surface area contributed by atoms with Crippen molar-refractivity contribution in [2.45, 2.75) is 25.7 Å². The van der Waals surface area contributed by atoms with Crippen molar-refractivity contribution in [3.63, 3.8) is 0 Å². The molecule has 0 amide bonds. The van der Waals surface area contributed by atoms with Crippen LogP contribution in [0.3, 0.4) is 0 Å². The monoisotopic (exact) mass is 458 g/mol. The van der Waals surface area contributed by atoms with Crippen LogP contribution in [0.1, 0.15) is 39.6 Å². The average Bonchev–Trinajstić information content (AvgIpc) is 2.88. The smallest absolute Gasteiger partial charge is 0.225 e. The molecule has 2 heterocycles. The van der Waals surface area contributed by atoms with Crippen molar-refractivity contribution in [3.05, 3.63) is 71.0 Å². The van der Waals surface area contributed by atoms with E-state index in [0.717, 1.165) is 67.0 Å². The van der Waals surface area contributed by atoms with Crippen molar-refractivity contribution in [3.8, 4) is 11.5 Å². The maximum atomic E-state index is 13.0. The van der Waals surface area contributed by atoms with Crippen LogP contribution in [0.4, 0.5) is 11.6 Å². The number of ether oxygens (including phenoxy) is 2. The summed E-state index contributed by atoms with van der Waals surface area (Å²) in [6, 6.07) is 16.2. The molecule has 0 unspecified atom stereocenters. The van der Waals surface area contributed by atoms with Crippen LogP contribution in [0, 0.1) is 6.92 Å². The zero-order valence-corrected chi connectivity index (χ0v) is 20.0. The highest BCUT2D eigenvalue weighted by atomic mass is 16.5. The lowest BCUT2D eigenvalue weighted by atomic mass is 9.81. The van der Waals surface area contributed by atoms with E-state index in [4.69, 9.17) is 19.4 Å². The number of carbonyl (C=O) groups is 1. The Morgan fingerprint density at radius 1 is 0.794 bits per heavy atom. The number of nitrogens with zero attached hydrogens (tertiary/aromatic N) is 4. The molecule has 176 valence electrons. The molecule has 0 bridgehead atoms. The molecular formula is C27H30N4O3. The molecule has 34 heavy (non-hydrogen) atoms. The van der Waals surface area contributed by atoms with Gasteiger partial charge in [-0.3, -0.25) is 4.79 Å². The van der Waals surface area contributed by atoms with Crippen LogP contribution in [0.15, 0.2) is 48.5 Å². The van der Waals surface area contributed by atoms with Crippen LogP contribution in [0.5, 0.6) is 11.5 Å². The van der Waals surface area contributed by atoms with Gasteiger partial charge >= 0.3 is 0 Å². The van der Waals surface area contributed by atoms with Gasteiger partial charge in [-0.25, -0.2) is 9.97 Å². The second-order valence-electron chi connectivity index (χ2n) is 8.90. The number of fused-ring (bicyclic) bond motifs is 1. The third kappa shape index (κ3) is 4.30. The van der Waals surface area contributed by atoms with E-state index >= 15 is 0 Å². The Hall–Kier alpha value is -3.61. The molecule has 1 saturated heterocycles. The minimum Gasteiger partial charge on any atom is -0.497 e. The molecule has 0 spiro atoms. The summed E-state index contributed by atoms with van der Waals surface area (Å²) in [5, 5.41) is 0. The number of hydrogen-bond acceptors (Lipinski definition) is 7. The second kappa shape index (κ2) is 9.33. The van der Waals surface area contributed by atoms with E-state index in [9.17, 15) is 4.79 Å². The van der Waals surface area contributed by atoms with Crippen molar-refractivity contribution >= 4 is 17.4 Å². The van der Waals surface area contributed by atoms with Crippen molar-refractivity contribution < 1.29 is 14.3 Å². The van der Waals surface area contributed by atoms with Crippen molar-refractivity contribution in [1.82, 2.24) is 9.97 Å². The molecule has 2 aliphatic rings. The Morgan fingerprint density at radius 2 is 1.38 bits per heavy atom. The lowest BCUT2D eigenvalue weighted by molar-refractivity contribution is 0.0962. The lowest BCUT2D eigenvalue weighted by Gasteiger charge is -2.36. The van der Waals surface area contributed by atoms with Crippen LogP contribution in [-0.4, -0.2) is 56.1 Å². The Bertz CT molecular complexity index is 1170. The molecule has 1 aliphatic carbocycles. The molecule has 2 aromatic carbocycles. The summed E-state index contributed by atoms with van der Waals surface area (Å²) in [5.74, 6) is 2.67. The number of benzene rings is 2. The minimum atomic E-state index is 0.125. The molecular weight excluding hydrogens is 428 g/mol. The number of methoxy groups -OCH3 is 2. The quantitative estimate of drug-likeness (QED) is 0.572. The minimum absolute atomic E-state index is 0.125. The number of aromatic nitrogens is 2. The first-order valence-corrected chi connectivity index (χ1v) is 11.7. The van der Waals surface area contributed by atoms with Gasteiger partial charge < -0.3 is 19.3 Å². The molecule has 0 radical (unpaired) electrons. The van der Waals surface area contributed by atoms with Crippen LogP contribution >= 0.6 is 0 Å². The maximum Gasteiger partial charge on any atom is 0.225 e. The summed E-state index contributed by atoms with van der Waals surface area (Å²) < 4.78 is 10.5. The van der Waals surface area contributed by atoms with Crippen LogP contribution in [0.2, 0.25) is 0 Å². The SMILES string of the molecule is COc1ccc([C@@H]2CC(=O)c3c(C)nc(N4CCN(c5ccc(OC)cc5)CC4)nc3C2)cc1. The fourth-order valence-corrected chi connectivity index (χ4v) is 4.97. The zero-order valence-electron chi connectivity index (χ0n) is 20.0. The maximum absolute atomic E-state index is 13.0. The van der Waals surface area contributed by atoms with Crippen LogP contribution in [0.25, 0.3) is 0 Å². The van der Waals surface area contributed by atoms with Crippen molar-refractivity contribution in [1.29, 1.82) is 0 Å². The van der Waals surface area contributed by atoms with E-state index in [1.54, 1.807) is 14.2 Å². The summed E-state index contributed by atoms with van der Waals surface area (Å²) in [5.41, 5.74) is 4.71. The van der Waals surface area contributed by atoms with Gasteiger partial charge in [0.05, 0.1) is 31.2 Å². The Morgan fingerprint density at radius 3 is 2.00 bits per heavy atom. The Labute approximate surface area is 200 Å². The fraction of sp³-hybridized carbons (Fsp3) is 0.370. The van der Waals surface area contributed by atoms with Gasteiger partial charge in [0.1, 0.15) is 11.5 Å². The molecule has 1 aliphatic heterocycles. The summed E-state index contributed by atoms with van der Waals surface area (Å²) in [7, 11) is 3.34. The number of carbonyl (C=O) groups excluding carboxylic acids is 1. The topological polar surface area (TPSA) is 67.8 Å². The van der Waals surface area contributed by atoms with Crippen LogP contribution < -0.4 is 19.3 Å². The van der Waals surface area contributed by atoms with E-state index < -0.39 is 0 Å². The highest BCUT2D eigenvalue weighted by Gasteiger charge is 2.31. The first-order valence-electron chi connectivity index (χ1n) is 11.7. The fourth-order valence-electron chi connectivity index (χ4n) is 4.97. The number of Topliss-reactive ketones (excluding diaryl/α,β-unsaturated/α-hetero) is 1. The summed E-state index contributed by atoms with van der Waals surface area (Å²) >= 11 is 0. The summed E-state index contributed by atoms with van der Waals surface area (Å²) in [4.78, 5) is 27.3. The van der Waals surface area contributed by atoms with E-state index in [1.807, 2.05) is 31.2 Å². The molecule has 1 aromatic heterocycles. The van der Waals surface area contributed by atoms with Crippen LogP contribution in [-0.2, 0) is 6.42 Å². The predicted octanol–water partition coefficient (Wildman–Crippen LogP) is 4.04. The van der Waals surface area contributed by atoms with Gasteiger partial charge in [-0.05, 0) is 61.2 Å².